The van der Waals surface area contributed by atoms with Gasteiger partial charge in [0.2, 0.25) is 0 Å². The molecule has 141 heavy (non-hydrogen) atoms. The Morgan fingerprint density at radius 2 is 0.539 bits per heavy atom. The molecule has 13 heteroatoms. The summed E-state index contributed by atoms with van der Waals surface area (Å²) in [5.41, 5.74) is 29.0. The molecular formula is C128H80N10O2S. The van der Waals surface area contributed by atoms with Gasteiger partial charge in [0.1, 0.15) is 22.3 Å². The summed E-state index contributed by atoms with van der Waals surface area (Å²) in [6.07, 6.45) is 15.2. The lowest BCUT2D eigenvalue weighted by atomic mass is 9.91. The molecule has 0 fully saturated rings. The molecule has 0 aliphatic carbocycles. The van der Waals surface area contributed by atoms with E-state index in [0.717, 1.165) is 205 Å². The molecule has 0 N–H and O–H groups in total. The normalized spacial score (nSPS) is 11.4. The van der Waals surface area contributed by atoms with E-state index in [1.165, 1.54) is 41.7 Å². The Morgan fingerprint density at radius 3 is 0.986 bits per heavy atom. The predicted molar refractivity (Wildman–Crippen MR) is 581 cm³/mol. The molecule has 0 amide bonds. The Kier molecular flexibility index (Phi) is 21.9. The standard InChI is InChI=1S/C40H24N4O.C39H27N3.C30H18N2O.C19H11NS/c1-3-11-26(12-4-1)38-42-39(27-13-5-2-6-14-27)44-40(43-38)28-21-19-25(20-22-28)31-23-35-37(30-16-8-10-18-34(30)45-35)36-29-15-7-9-17-33(29)41-24-32(31)36;1-4-19-40-37(16-1)31-13-7-10-28(22-31)34-25-35(29-11-8-14-32(23-29)38-17-2-5-20-41-38)27-36(26-34)30-12-9-15-33(24-30)39-18-3-6-21-42-39;1-3-9-26-22(7-1)29-25(18-32-26)24(16-28-30(29)23-8-2-4-10-27(23)33-28)20-13-11-19(12-14-20)21-6-5-15-31-17-21;1-3-7-15-13(5-1)18-12(11-20-15)9-10-17-19(18)14-6-2-4-8-16(14)21-17/h1-24H;1-27H;1-18H;1-11H. The number of nitrogens with zero attached hydrogens (tertiary/aromatic N) is 10. The highest BCUT2D eigenvalue weighted by atomic mass is 32.1. The summed E-state index contributed by atoms with van der Waals surface area (Å²) in [6.45, 7) is 0. The van der Waals surface area contributed by atoms with Gasteiger partial charge in [-0.05, 0) is 200 Å². The highest BCUT2D eigenvalue weighted by Gasteiger charge is 2.23. The fourth-order valence-corrected chi connectivity index (χ4v) is 20.7. The van der Waals surface area contributed by atoms with Crippen LogP contribution in [-0.4, -0.2) is 49.8 Å². The minimum absolute atomic E-state index is 0.625. The van der Waals surface area contributed by atoms with Crippen molar-refractivity contribution in [2.45, 2.75) is 0 Å². The molecule has 28 rings (SSSR count). The van der Waals surface area contributed by atoms with Gasteiger partial charge in [0, 0.05) is 173 Å². The molecule has 0 spiro atoms. The van der Waals surface area contributed by atoms with Gasteiger partial charge in [0.05, 0.1) is 33.6 Å². The van der Waals surface area contributed by atoms with E-state index < -0.39 is 0 Å². The number of furan rings is 2. The fraction of sp³-hybridized carbons (Fsp3) is 0. The Labute approximate surface area is 814 Å². The summed E-state index contributed by atoms with van der Waals surface area (Å²) >= 11 is 1.86. The molecule has 12 nitrogen and oxygen atoms in total. The van der Waals surface area contributed by atoms with Crippen molar-refractivity contribution in [3.05, 3.63) is 486 Å². The van der Waals surface area contributed by atoms with Crippen molar-refractivity contribution in [1.82, 2.24) is 49.8 Å². The van der Waals surface area contributed by atoms with E-state index in [9.17, 15) is 0 Å². The third-order valence-electron chi connectivity index (χ3n) is 26.3. The largest absolute Gasteiger partial charge is 0.456 e. The topological polar surface area (TPSA) is 155 Å². The minimum Gasteiger partial charge on any atom is -0.456 e. The fourth-order valence-electron chi connectivity index (χ4n) is 19.6. The molecule has 17 aromatic carbocycles. The van der Waals surface area contributed by atoms with Crippen LogP contribution in [0.25, 0.3) is 264 Å². The molecular weight excluding hydrogens is 1740 g/mol. The minimum atomic E-state index is 0.625. The van der Waals surface area contributed by atoms with E-state index in [-0.39, 0.29) is 0 Å². The summed E-state index contributed by atoms with van der Waals surface area (Å²) in [7, 11) is 0. The zero-order valence-corrected chi connectivity index (χ0v) is 76.7. The van der Waals surface area contributed by atoms with Crippen molar-refractivity contribution < 1.29 is 8.83 Å². The van der Waals surface area contributed by atoms with Gasteiger partial charge in [-0.3, -0.25) is 34.9 Å². The van der Waals surface area contributed by atoms with Gasteiger partial charge < -0.3 is 8.83 Å². The number of aromatic nitrogens is 10. The number of pyridine rings is 7. The third kappa shape index (κ3) is 16.3. The van der Waals surface area contributed by atoms with Crippen LogP contribution in [0, 0.1) is 0 Å². The molecule has 28 aromatic rings. The Balaban J connectivity index is 0.000000102. The summed E-state index contributed by atoms with van der Waals surface area (Å²) < 4.78 is 15.5. The van der Waals surface area contributed by atoms with Crippen LogP contribution in [-0.2, 0) is 0 Å². The van der Waals surface area contributed by atoms with Gasteiger partial charge in [0.15, 0.2) is 17.5 Å². The molecule has 0 atom stereocenters. The smallest absolute Gasteiger partial charge is 0.164 e. The summed E-state index contributed by atoms with van der Waals surface area (Å²) in [5, 5.41) is 17.8. The molecule has 11 aromatic heterocycles. The van der Waals surface area contributed by atoms with E-state index in [4.69, 9.17) is 33.8 Å². The lowest BCUT2D eigenvalue weighted by Gasteiger charge is -2.14. The molecule has 0 aliphatic rings. The van der Waals surface area contributed by atoms with E-state index in [1.807, 2.05) is 219 Å². The second-order valence-corrected chi connectivity index (χ2v) is 35.9. The molecule has 0 radical (unpaired) electrons. The van der Waals surface area contributed by atoms with Gasteiger partial charge >= 0.3 is 0 Å². The van der Waals surface area contributed by atoms with E-state index in [2.05, 4.69) is 298 Å². The number of fused-ring (bicyclic) bond motifs is 21. The highest BCUT2D eigenvalue weighted by molar-refractivity contribution is 7.26. The van der Waals surface area contributed by atoms with Crippen LogP contribution in [0.3, 0.4) is 0 Å². The quantitative estimate of drug-likeness (QED) is 0.107. The van der Waals surface area contributed by atoms with Crippen LogP contribution in [0.5, 0.6) is 0 Å². The highest BCUT2D eigenvalue weighted by Crippen LogP contribution is 2.48. The predicted octanol–water partition coefficient (Wildman–Crippen LogP) is 33.8. The van der Waals surface area contributed by atoms with Gasteiger partial charge in [0.25, 0.3) is 0 Å². The zero-order valence-electron chi connectivity index (χ0n) is 75.9. The Hall–Kier alpha value is -18.8. The van der Waals surface area contributed by atoms with Gasteiger partial charge in [-0.15, -0.1) is 11.3 Å². The van der Waals surface area contributed by atoms with Crippen molar-refractivity contribution in [3.63, 3.8) is 0 Å². The lowest BCUT2D eigenvalue weighted by Crippen LogP contribution is -2.00. The average Bonchev–Trinajstić information content (AvgIpc) is 1.10. The molecule has 0 bridgehead atoms. The second kappa shape index (κ2) is 36.8. The molecule has 0 saturated heterocycles. The van der Waals surface area contributed by atoms with Gasteiger partial charge in [-0.2, -0.15) is 0 Å². The molecule has 0 saturated carbocycles. The van der Waals surface area contributed by atoms with Crippen molar-refractivity contribution in [3.8, 4) is 135 Å². The van der Waals surface area contributed by atoms with Gasteiger partial charge in [-0.1, -0.05) is 303 Å². The van der Waals surface area contributed by atoms with Crippen LogP contribution in [0.2, 0.25) is 0 Å². The monoisotopic (exact) mass is 1820 g/mol. The maximum absolute atomic E-state index is 6.43. The van der Waals surface area contributed by atoms with E-state index in [0.29, 0.717) is 17.5 Å². The van der Waals surface area contributed by atoms with E-state index >= 15 is 0 Å². The van der Waals surface area contributed by atoms with Crippen LogP contribution in [0.1, 0.15) is 0 Å². The van der Waals surface area contributed by atoms with Gasteiger partial charge in [-0.25, -0.2) is 15.0 Å². The summed E-state index contributed by atoms with van der Waals surface area (Å²) in [4.78, 5) is 46.9. The van der Waals surface area contributed by atoms with Crippen molar-refractivity contribution in [2.24, 2.45) is 0 Å². The number of thiophene rings is 1. The van der Waals surface area contributed by atoms with Crippen molar-refractivity contribution >= 4 is 140 Å². The molecule has 11 heterocycles. The first-order valence-corrected chi connectivity index (χ1v) is 47.7. The second-order valence-electron chi connectivity index (χ2n) is 34.8. The van der Waals surface area contributed by atoms with Crippen LogP contribution >= 0.6 is 11.3 Å². The van der Waals surface area contributed by atoms with Crippen LogP contribution in [0.4, 0.5) is 0 Å². The lowest BCUT2D eigenvalue weighted by molar-refractivity contribution is 0.669. The number of rotatable bonds is 12. The molecule has 0 unspecified atom stereocenters. The SMILES string of the molecule is c1ccc(-c2cccc(-c3cc(-c4cccc(-c5ccccn5)c4)cc(-c4cccc(-c5ccccn5)c4)c3)c2)nc1.c1ccc(-c2nc(-c3ccccc3)nc(-c3ccc(-c4cc5oc6ccccc6c5c5c4cnc4ccccc45)cc3)n2)cc1.c1ccc2c(c1)ncc1ccc3sc4ccccc4c3c12.c1cncc(-c2ccc(-c3cc4oc5ccccc5c4c4c3cnc3ccccc34)cc2)c1. The van der Waals surface area contributed by atoms with Crippen LogP contribution < -0.4 is 0 Å². The summed E-state index contributed by atoms with van der Waals surface area (Å²) in [6, 6.07) is 151. The first kappa shape index (κ1) is 84.0. The van der Waals surface area contributed by atoms with Crippen molar-refractivity contribution in [2.75, 3.05) is 0 Å². The van der Waals surface area contributed by atoms with E-state index in [1.54, 1.807) is 6.20 Å². The zero-order chi connectivity index (χ0) is 93.5. The average molecular weight is 1820 g/mol. The van der Waals surface area contributed by atoms with Crippen molar-refractivity contribution in [1.29, 1.82) is 0 Å². The Morgan fingerprint density at radius 1 is 0.177 bits per heavy atom. The summed E-state index contributed by atoms with van der Waals surface area (Å²) in [5.74, 6) is 1.91. The van der Waals surface area contributed by atoms with Crippen LogP contribution in [0.15, 0.2) is 495 Å². The third-order valence-corrected chi connectivity index (χ3v) is 27.4. The maximum atomic E-state index is 6.43. The first-order valence-electron chi connectivity index (χ1n) is 46.9. The number of hydrogen-bond donors (Lipinski definition) is 0. The maximum Gasteiger partial charge on any atom is 0.164 e. The number of benzene rings is 17. The number of para-hydroxylation sites is 5. The number of hydrogen-bond acceptors (Lipinski definition) is 13. The molecule has 660 valence electrons. The molecule has 0 aliphatic heterocycles. The first-order chi connectivity index (χ1) is 69.9. The Bertz CT molecular complexity index is 9310.